The molecular formula is C29H36N4O2. The van der Waals surface area contributed by atoms with Crippen LogP contribution in [0.1, 0.15) is 43.2 Å². The monoisotopic (exact) mass is 472 g/mol. The Hall–Kier alpha value is -2.70. The van der Waals surface area contributed by atoms with Gasteiger partial charge in [0.05, 0.1) is 0 Å². The van der Waals surface area contributed by atoms with Crippen LogP contribution in [-0.2, 0) is 22.7 Å². The molecule has 6 rings (SSSR count). The Morgan fingerprint density at radius 2 is 1.37 bits per heavy atom. The van der Waals surface area contributed by atoms with Gasteiger partial charge >= 0.3 is 0 Å². The summed E-state index contributed by atoms with van der Waals surface area (Å²) >= 11 is 0. The van der Waals surface area contributed by atoms with Gasteiger partial charge in [0.25, 0.3) is 0 Å². The normalized spacial score (nSPS) is 27.1. The summed E-state index contributed by atoms with van der Waals surface area (Å²) in [6, 6.07) is 21.0. The Morgan fingerprint density at radius 1 is 0.743 bits per heavy atom. The van der Waals surface area contributed by atoms with Crippen LogP contribution in [0, 0.1) is 0 Å². The number of benzene rings is 2. The summed E-state index contributed by atoms with van der Waals surface area (Å²) in [5.41, 5.74) is 1.94. The van der Waals surface area contributed by atoms with Crippen LogP contribution in [0.25, 0.3) is 0 Å². The summed E-state index contributed by atoms with van der Waals surface area (Å²) in [7, 11) is 0. The Kier molecular flexibility index (Phi) is 6.11. The zero-order valence-corrected chi connectivity index (χ0v) is 20.5. The van der Waals surface area contributed by atoms with Crippen molar-refractivity contribution < 1.29 is 9.59 Å². The third-order valence-corrected chi connectivity index (χ3v) is 8.69. The van der Waals surface area contributed by atoms with Crippen molar-refractivity contribution in [1.29, 1.82) is 0 Å². The SMILES string of the molecule is O=C1C2CCCN2C(=O)C2(CCN(Cc3ccccc3)CC2)N1C1CCN(Cc2ccccc2)C1. The first-order chi connectivity index (χ1) is 17.1. The van der Waals surface area contributed by atoms with E-state index in [1.165, 1.54) is 11.1 Å². The minimum atomic E-state index is -0.668. The van der Waals surface area contributed by atoms with E-state index < -0.39 is 5.54 Å². The van der Waals surface area contributed by atoms with Crippen LogP contribution in [0.15, 0.2) is 60.7 Å². The summed E-state index contributed by atoms with van der Waals surface area (Å²) in [5, 5.41) is 0. The Morgan fingerprint density at radius 3 is 2.03 bits per heavy atom. The number of amides is 2. The van der Waals surface area contributed by atoms with Gasteiger partial charge in [0.15, 0.2) is 0 Å². The molecule has 4 saturated heterocycles. The molecule has 0 saturated carbocycles. The van der Waals surface area contributed by atoms with E-state index in [2.05, 4.69) is 69.3 Å². The lowest BCUT2D eigenvalue weighted by Crippen LogP contribution is -2.74. The molecular weight excluding hydrogens is 436 g/mol. The van der Waals surface area contributed by atoms with E-state index in [1.807, 2.05) is 11.0 Å². The van der Waals surface area contributed by atoms with Crippen LogP contribution in [0.5, 0.6) is 0 Å². The zero-order chi connectivity index (χ0) is 23.8. The molecule has 6 heteroatoms. The second-order valence-electron chi connectivity index (χ2n) is 10.8. The van der Waals surface area contributed by atoms with Crippen molar-refractivity contribution in [3.05, 3.63) is 71.8 Å². The number of likely N-dealkylation sites (tertiary alicyclic amines) is 2. The quantitative estimate of drug-likeness (QED) is 0.671. The van der Waals surface area contributed by atoms with Crippen molar-refractivity contribution in [3.8, 4) is 0 Å². The molecule has 2 aromatic rings. The second-order valence-corrected chi connectivity index (χ2v) is 10.8. The minimum Gasteiger partial charge on any atom is -0.329 e. The summed E-state index contributed by atoms with van der Waals surface area (Å²) in [4.78, 5) is 36.9. The van der Waals surface area contributed by atoms with Gasteiger partial charge in [-0.15, -0.1) is 0 Å². The van der Waals surface area contributed by atoms with Crippen LogP contribution in [-0.4, -0.2) is 81.8 Å². The molecule has 1 spiro atoms. The highest BCUT2D eigenvalue weighted by molar-refractivity contribution is 6.00. The molecule has 4 fully saturated rings. The summed E-state index contributed by atoms with van der Waals surface area (Å²) in [6.45, 7) is 6.08. The van der Waals surface area contributed by atoms with E-state index in [9.17, 15) is 9.59 Å². The highest BCUT2D eigenvalue weighted by Gasteiger charge is 2.59. The molecule has 35 heavy (non-hydrogen) atoms. The van der Waals surface area contributed by atoms with Gasteiger partial charge in [-0.2, -0.15) is 0 Å². The van der Waals surface area contributed by atoms with Crippen molar-refractivity contribution in [1.82, 2.24) is 19.6 Å². The molecule has 184 valence electrons. The lowest BCUT2D eigenvalue weighted by molar-refractivity contribution is -0.176. The number of nitrogens with zero attached hydrogens (tertiary/aromatic N) is 4. The van der Waals surface area contributed by atoms with Gasteiger partial charge in [0, 0.05) is 51.9 Å². The molecule has 2 unspecified atom stereocenters. The molecule has 4 aliphatic rings. The maximum absolute atomic E-state index is 14.0. The van der Waals surface area contributed by atoms with Gasteiger partial charge in [0.1, 0.15) is 11.6 Å². The highest BCUT2D eigenvalue weighted by atomic mass is 16.2. The lowest BCUT2D eigenvalue weighted by atomic mass is 9.79. The van der Waals surface area contributed by atoms with Crippen LogP contribution in [0.3, 0.4) is 0 Å². The number of piperazine rings is 1. The van der Waals surface area contributed by atoms with E-state index in [4.69, 9.17) is 0 Å². The largest absolute Gasteiger partial charge is 0.329 e. The molecule has 0 N–H and O–H groups in total. The number of piperidine rings is 1. The van der Waals surface area contributed by atoms with Crippen molar-refractivity contribution >= 4 is 11.8 Å². The topological polar surface area (TPSA) is 47.1 Å². The summed E-state index contributed by atoms with van der Waals surface area (Å²) < 4.78 is 0. The summed E-state index contributed by atoms with van der Waals surface area (Å²) in [5.74, 6) is 0.436. The fourth-order valence-corrected chi connectivity index (χ4v) is 6.92. The number of rotatable bonds is 5. The van der Waals surface area contributed by atoms with Crippen molar-refractivity contribution in [2.45, 2.75) is 62.8 Å². The van der Waals surface area contributed by atoms with Gasteiger partial charge in [-0.25, -0.2) is 0 Å². The van der Waals surface area contributed by atoms with Crippen LogP contribution >= 0.6 is 0 Å². The Labute approximate surface area is 208 Å². The predicted molar refractivity (Wildman–Crippen MR) is 135 cm³/mol. The van der Waals surface area contributed by atoms with E-state index in [0.717, 1.165) is 77.9 Å². The van der Waals surface area contributed by atoms with Crippen LogP contribution < -0.4 is 0 Å². The standard InChI is InChI=1S/C29H36N4O2/c34-27-26-12-7-16-32(26)28(35)29(14-18-30(19-15-29)20-23-8-3-1-4-9-23)33(27)25-13-17-31(22-25)21-24-10-5-2-6-11-24/h1-6,8-11,25-26H,7,12-22H2. The maximum Gasteiger partial charge on any atom is 0.249 e. The number of fused-ring (bicyclic) bond motifs is 1. The fraction of sp³-hybridized carbons (Fsp3) is 0.517. The first-order valence-corrected chi connectivity index (χ1v) is 13.3. The van der Waals surface area contributed by atoms with Gasteiger partial charge in [-0.3, -0.25) is 19.4 Å². The molecule has 0 bridgehead atoms. The van der Waals surface area contributed by atoms with Crippen molar-refractivity contribution in [2.75, 3.05) is 32.7 Å². The Bertz CT molecular complexity index is 1050. The average molecular weight is 473 g/mol. The van der Waals surface area contributed by atoms with E-state index in [0.29, 0.717) is 0 Å². The highest BCUT2D eigenvalue weighted by Crippen LogP contribution is 2.42. The third kappa shape index (κ3) is 4.17. The molecule has 0 radical (unpaired) electrons. The second kappa shape index (κ2) is 9.40. The van der Waals surface area contributed by atoms with E-state index in [-0.39, 0.29) is 23.9 Å². The smallest absolute Gasteiger partial charge is 0.249 e. The van der Waals surface area contributed by atoms with E-state index >= 15 is 0 Å². The molecule has 2 atom stereocenters. The molecule has 4 heterocycles. The number of carbonyl (C=O) groups excluding carboxylic acids is 2. The number of carbonyl (C=O) groups is 2. The Balaban J connectivity index is 1.22. The first kappa shape index (κ1) is 22.7. The average Bonchev–Trinajstić information content (AvgIpc) is 3.56. The molecule has 2 aromatic carbocycles. The minimum absolute atomic E-state index is 0.124. The van der Waals surface area contributed by atoms with Gasteiger partial charge in [0.2, 0.25) is 11.8 Å². The number of hydrogen-bond donors (Lipinski definition) is 0. The molecule has 2 amide bonds. The molecule has 0 aromatic heterocycles. The predicted octanol–water partition coefficient (Wildman–Crippen LogP) is 3.13. The number of hydrogen-bond acceptors (Lipinski definition) is 4. The summed E-state index contributed by atoms with van der Waals surface area (Å²) in [6.07, 6.45) is 4.19. The molecule has 4 aliphatic heterocycles. The first-order valence-electron chi connectivity index (χ1n) is 13.3. The van der Waals surface area contributed by atoms with Gasteiger partial charge in [-0.1, -0.05) is 60.7 Å². The third-order valence-electron chi connectivity index (χ3n) is 8.69. The van der Waals surface area contributed by atoms with Gasteiger partial charge < -0.3 is 9.80 Å². The molecule has 0 aliphatic carbocycles. The lowest BCUT2D eigenvalue weighted by Gasteiger charge is -2.55. The zero-order valence-electron chi connectivity index (χ0n) is 20.5. The van der Waals surface area contributed by atoms with Crippen LogP contribution in [0.4, 0.5) is 0 Å². The van der Waals surface area contributed by atoms with Gasteiger partial charge in [-0.05, 0) is 43.2 Å². The van der Waals surface area contributed by atoms with Crippen molar-refractivity contribution in [3.63, 3.8) is 0 Å². The maximum atomic E-state index is 14.0. The molecule has 6 nitrogen and oxygen atoms in total. The van der Waals surface area contributed by atoms with E-state index in [1.54, 1.807) is 0 Å². The van der Waals surface area contributed by atoms with Crippen LogP contribution in [0.2, 0.25) is 0 Å². The fourth-order valence-electron chi connectivity index (χ4n) is 6.92. The van der Waals surface area contributed by atoms with Crippen molar-refractivity contribution in [2.24, 2.45) is 0 Å².